The second-order valence-electron chi connectivity index (χ2n) is 7.39. The molecule has 3 aromatic rings. The predicted molar refractivity (Wildman–Crippen MR) is 121 cm³/mol. The molecular formula is C25H28N4O2. The maximum absolute atomic E-state index is 12.4. The van der Waals surface area contributed by atoms with Gasteiger partial charge in [0.1, 0.15) is 5.69 Å². The second-order valence-corrected chi connectivity index (χ2v) is 7.39. The third kappa shape index (κ3) is 5.80. The molecule has 0 aliphatic heterocycles. The molecule has 2 aromatic carbocycles. The van der Waals surface area contributed by atoms with Crippen LogP contribution in [0.2, 0.25) is 0 Å². The van der Waals surface area contributed by atoms with Crippen molar-refractivity contribution in [3.8, 4) is 17.2 Å². The van der Waals surface area contributed by atoms with Crippen LogP contribution in [0.5, 0.6) is 0 Å². The van der Waals surface area contributed by atoms with Gasteiger partial charge in [-0.2, -0.15) is 10.4 Å². The van der Waals surface area contributed by atoms with Gasteiger partial charge in [-0.3, -0.25) is 9.48 Å². The first-order valence-electron chi connectivity index (χ1n) is 10.6. The van der Waals surface area contributed by atoms with Gasteiger partial charge < -0.3 is 10.1 Å². The number of aryl methyl sites for hydroxylation is 1. The molecule has 0 saturated carbocycles. The summed E-state index contributed by atoms with van der Waals surface area (Å²) in [4.78, 5) is 12.4. The first kappa shape index (κ1) is 22.3. The number of nitrogens with zero attached hydrogens (tertiary/aromatic N) is 3. The Balaban J connectivity index is 1.79. The summed E-state index contributed by atoms with van der Waals surface area (Å²) in [5, 5.41) is 16.7. The molecule has 0 aliphatic rings. The van der Waals surface area contributed by atoms with Gasteiger partial charge in [0.2, 0.25) is 0 Å². The molecule has 160 valence electrons. The number of unbranched alkanes of at least 4 members (excludes halogenated alkanes) is 1. The van der Waals surface area contributed by atoms with Crippen LogP contribution in [0.4, 0.5) is 0 Å². The first-order valence-corrected chi connectivity index (χ1v) is 10.6. The minimum Gasteiger partial charge on any atom is -0.383 e. The summed E-state index contributed by atoms with van der Waals surface area (Å²) in [5.41, 5.74) is 5.16. The van der Waals surface area contributed by atoms with E-state index in [-0.39, 0.29) is 5.91 Å². The number of rotatable bonds is 10. The Bertz CT molecular complexity index is 1050. The van der Waals surface area contributed by atoms with E-state index in [1.807, 2.05) is 59.3 Å². The fraction of sp³-hybridized carbons (Fsp3) is 0.320. The number of benzene rings is 2. The summed E-state index contributed by atoms with van der Waals surface area (Å²) < 4.78 is 6.90. The van der Waals surface area contributed by atoms with Gasteiger partial charge in [-0.15, -0.1) is 0 Å². The summed E-state index contributed by atoms with van der Waals surface area (Å²) in [7, 11) is 1.61. The van der Waals surface area contributed by atoms with Crippen molar-refractivity contribution in [3.05, 3.63) is 77.1 Å². The summed E-state index contributed by atoms with van der Waals surface area (Å²) in [6.07, 6.45) is 3.00. The van der Waals surface area contributed by atoms with Gasteiger partial charge in [0, 0.05) is 19.3 Å². The molecule has 1 amide bonds. The zero-order valence-electron chi connectivity index (χ0n) is 18.1. The summed E-state index contributed by atoms with van der Waals surface area (Å²) in [6.45, 7) is 3.66. The van der Waals surface area contributed by atoms with Crippen molar-refractivity contribution >= 4 is 5.91 Å². The SMILES string of the molecule is CCCCc1cc(C(=O)NCCOC)nn1Cc1ccc(-c2ccccc2C#N)cc1. The third-order valence-electron chi connectivity index (χ3n) is 5.12. The number of methoxy groups -OCH3 is 1. The van der Waals surface area contributed by atoms with Crippen molar-refractivity contribution < 1.29 is 9.53 Å². The molecule has 31 heavy (non-hydrogen) atoms. The molecule has 1 N–H and O–H groups in total. The molecule has 0 unspecified atom stereocenters. The summed E-state index contributed by atoms with van der Waals surface area (Å²) in [6, 6.07) is 19.9. The number of nitrogens with one attached hydrogen (secondary N) is 1. The Morgan fingerprint density at radius 2 is 1.97 bits per heavy atom. The van der Waals surface area contributed by atoms with E-state index in [0.717, 1.165) is 41.6 Å². The number of amides is 1. The van der Waals surface area contributed by atoms with E-state index in [0.29, 0.717) is 31.0 Å². The van der Waals surface area contributed by atoms with Crippen molar-refractivity contribution in [2.24, 2.45) is 0 Å². The molecular weight excluding hydrogens is 388 g/mol. The molecule has 1 aromatic heterocycles. The standard InChI is InChI=1S/C25H28N4O2/c1-3-4-8-22-16-24(25(30)27-14-15-31-2)28-29(22)18-19-10-12-20(13-11-19)23-9-6-5-7-21(23)17-26/h5-7,9-13,16H,3-4,8,14-15,18H2,1-2H3,(H,27,30). The average molecular weight is 417 g/mol. The highest BCUT2D eigenvalue weighted by Crippen LogP contribution is 2.24. The molecule has 3 rings (SSSR count). The van der Waals surface area contributed by atoms with Crippen molar-refractivity contribution in [2.45, 2.75) is 32.7 Å². The zero-order valence-corrected chi connectivity index (χ0v) is 18.1. The molecule has 0 radical (unpaired) electrons. The van der Waals surface area contributed by atoms with E-state index in [4.69, 9.17) is 4.74 Å². The number of hydrogen-bond acceptors (Lipinski definition) is 4. The Hall–Kier alpha value is -3.43. The van der Waals surface area contributed by atoms with Crippen LogP contribution in [0.15, 0.2) is 54.6 Å². The lowest BCUT2D eigenvalue weighted by molar-refractivity contribution is 0.0931. The topological polar surface area (TPSA) is 79.9 Å². The largest absolute Gasteiger partial charge is 0.383 e. The van der Waals surface area contributed by atoms with Crippen molar-refractivity contribution in [2.75, 3.05) is 20.3 Å². The Kier molecular flexibility index (Phi) is 7.97. The fourth-order valence-electron chi connectivity index (χ4n) is 3.41. The van der Waals surface area contributed by atoms with Crippen LogP contribution in [0.1, 0.15) is 47.1 Å². The van der Waals surface area contributed by atoms with Crippen molar-refractivity contribution in [1.29, 1.82) is 5.26 Å². The van der Waals surface area contributed by atoms with Gasteiger partial charge in [0.15, 0.2) is 0 Å². The molecule has 1 heterocycles. The lowest BCUT2D eigenvalue weighted by atomic mass is 9.99. The molecule has 0 spiro atoms. The van der Waals surface area contributed by atoms with Gasteiger partial charge in [-0.1, -0.05) is 55.8 Å². The molecule has 0 atom stereocenters. The molecule has 6 heteroatoms. The first-order chi connectivity index (χ1) is 15.2. The maximum Gasteiger partial charge on any atom is 0.271 e. The van der Waals surface area contributed by atoms with E-state index in [1.165, 1.54) is 0 Å². The summed E-state index contributed by atoms with van der Waals surface area (Å²) >= 11 is 0. The number of nitriles is 1. The minimum absolute atomic E-state index is 0.183. The van der Waals surface area contributed by atoms with Crippen LogP contribution in [0, 0.1) is 11.3 Å². The predicted octanol–water partition coefficient (Wildman–Crippen LogP) is 4.19. The number of carbonyl (C=O) groups excluding carboxylic acids is 1. The lowest BCUT2D eigenvalue weighted by Crippen LogP contribution is -2.27. The molecule has 6 nitrogen and oxygen atoms in total. The van der Waals surface area contributed by atoms with Crippen LogP contribution in [-0.2, 0) is 17.7 Å². The molecule has 0 bridgehead atoms. The minimum atomic E-state index is -0.183. The highest BCUT2D eigenvalue weighted by atomic mass is 16.5. The fourth-order valence-corrected chi connectivity index (χ4v) is 3.41. The van der Waals surface area contributed by atoms with Gasteiger partial charge in [0.05, 0.1) is 24.8 Å². The summed E-state index contributed by atoms with van der Waals surface area (Å²) in [5.74, 6) is -0.183. The Morgan fingerprint density at radius 3 is 2.68 bits per heavy atom. The smallest absolute Gasteiger partial charge is 0.271 e. The van der Waals surface area contributed by atoms with Gasteiger partial charge in [0.25, 0.3) is 5.91 Å². The van der Waals surface area contributed by atoms with Gasteiger partial charge >= 0.3 is 0 Å². The molecule has 0 fully saturated rings. The molecule has 0 aliphatic carbocycles. The van der Waals surface area contributed by atoms with Gasteiger partial charge in [-0.05, 0) is 41.7 Å². The van der Waals surface area contributed by atoms with E-state index < -0.39 is 0 Å². The average Bonchev–Trinajstić information content (AvgIpc) is 3.21. The number of ether oxygens (including phenoxy) is 1. The van der Waals surface area contributed by atoms with Crippen molar-refractivity contribution in [3.63, 3.8) is 0 Å². The Labute approximate surface area is 183 Å². The monoisotopic (exact) mass is 416 g/mol. The molecule has 0 saturated heterocycles. The van der Waals surface area contributed by atoms with E-state index >= 15 is 0 Å². The number of carbonyl (C=O) groups is 1. The normalized spacial score (nSPS) is 10.6. The second kappa shape index (κ2) is 11.1. The quantitative estimate of drug-likeness (QED) is 0.503. The Morgan fingerprint density at radius 1 is 1.19 bits per heavy atom. The van der Waals surface area contributed by atoms with Crippen molar-refractivity contribution in [1.82, 2.24) is 15.1 Å². The van der Waals surface area contributed by atoms with Crippen LogP contribution >= 0.6 is 0 Å². The van der Waals surface area contributed by atoms with Crippen LogP contribution < -0.4 is 5.32 Å². The van der Waals surface area contributed by atoms with E-state index in [9.17, 15) is 10.1 Å². The van der Waals surface area contributed by atoms with Crippen LogP contribution in [0.3, 0.4) is 0 Å². The number of hydrogen-bond donors (Lipinski definition) is 1. The number of aromatic nitrogens is 2. The maximum atomic E-state index is 12.4. The highest BCUT2D eigenvalue weighted by Gasteiger charge is 2.14. The third-order valence-corrected chi connectivity index (χ3v) is 5.12. The highest BCUT2D eigenvalue weighted by molar-refractivity contribution is 5.92. The van der Waals surface area contributed by atoms with Gasteiger partial charge in [-0.25, -0.2) is 0 Å². The lowest BCUT2D eigenvalue weighted by Gasteiger charge is -2.09. The van der Waals surface area contributed by atoms with Crippen LogP contribution in [0.25, 0.3) is 11.1 Å². The van der Waals surface area contributed by atoms with E-state index in [2.05, 4.69) is 23.4 Å². The zero-order chi connectivity index (χ0) is 22.1. The van der Waals surface area contributed by atoms with E-state index in [1.54, 1.807) is 7.11 Å². The van der Waals surface area contributed by atoms with Crippen LogP contribution in [-0.4, -0.2) is 35.9 Å².